The van der Waals surface area contributed by atoms with Crippen molar-refractivity contribution in [3.63, 3.8) is 0 Å². The molecule has 112 valence electrons. The van der Waals surface area contributed by atoms with E-state index in [1.54, 1.807) is 13.8 Å². The van der Waals surface area contributed by atoms with Gasteiger partial charge in [0.1, 0.15) is 6.04 Å². The zero-order chi connectivity index (χ0) is 15.0. The number of hydrogen-bond donors (Lipinski definition) is 2. The van der Waals surface area contributed by atoms with Crippen molar-refractivity contribution in [1.29, 1.82) is 0 Å². The van der Waals surface area contributed by atoms with Gasteiger partial charge in [-0.15, -0.1) is 0 Å². The van der Waals surface area contributed by atoms with E-state index in [1.165, 1.54) is 0 Å². The van der Waals surface area contributed by atoms with Crippen LogP contribution in [0.15, 0.2) is 30.3 Å². The Morgan fingerprint density at radius 1 is 1.30 bits per heavy atom. The van der Waals surface area contributed by atoms with E-state index in [-0.39, 0.29) is 19.6 Å². The van der Waals surface area contributed by atoms with Crippen molar-refractivity contribution in [3.8, 4) is 0 Å². The van der Waals surface area contributed by atoms with E-state index in [9.17, 15) is 14.3 Å². The molecule has 0 aliphatic carbocycles. The third-order valence-electron chi connectivity index (χ3n) is 2.48. The largest absolute Gasteiger partial charge is 0.465 e. The predicted octanol–water partition coefficient (Wildman–Crippen LogP) is 1.89. The Hall–Kier alpha value is -1.20. The molecule has 0 bridgehead atoms. The van der Waals surface area contributed by atoms with E-state index in [4.69, 9.17) is 9.26 Å². The quantitative estimate of drug-likeness (QED) is 0.563. The van der Waals surface area contributed by atoms with Gasteiger partial charge in [-0.1, -0.05) is 30.3 Å². The van der Waals surface area contributed by atoms with Crippen LogP contribution in [0.3, 0.4) is 0 Å². The van der Waals surface area contributed by atoms with Crippen LogP contribution in [0.4, 0.5) is 0 Å². The molecule has 20 heavy (non-hydrogen) atoms. The van der Waals surface area contributed by atoms with Crippen molar-refractivity contribution >= 4 is 13.7 Å². The van der Waals surface area contributed by atoms with E-state index >= 15 is 0 Å². The minimum absolute atomic E-state index is 0.0711. The van der Waals surface area contributed by atoms with Gasteiger partial charge in [-0.2, -0.15) is 0 Å². The molecule has 0 aliphatic rings. The highest BCUT2D eigenvalue weighted by molar-refractivity contribution is 7.50. The second kappa shape index (κ2) is 8.17. The molecule has 0 aliphatic heterocycles. The molecule has 0 fully saturated rings. The van der Waals surface area contributed by atoms with E-state index in [0.29, 0.717) is 0 Å². The minimum atomic E-state index is -4.01. The second-order valence-electron chi connectivity index (χ2n) is 4.06. The van der Waals surface area contributed by atoms with Gasteiger partial charge in [0.05, 0.1) is 13.2 Å². The van der Waals surface area contributed by atoms with Crippen LogP contribution < -0.4 is 5.09 Å². The molecule has 1 unspecified atom stereocenters. The Kier molecular flexibility index (Phi) is 6.88. The lowest BCUT2D eigenvalue weighted by Gasteiger charge is -2.20. The Balaban J connectivity index is 2.80. The number of ether oxygens (including phenoxy) is 1. The van der Waals surface area contributed by atoms with Gasteiger partial charge < -0.3 is 9.63 Å². The van der Waals surface area contributed by atoms with Crippen LogP contribution in [0.25, 0.3) is 0 Å². The van der Waals surface area contributed by atoms with Gasteiger partial charge in [0.2, 0.25) is 0 Å². The molecule has 0 spiro atoms. The number of hydrogen-bond acceptors (Lipinski definition) is 4. The summed E-state index contributed by atoms with van der Waals surface area (Å²) in [6, 6.07) is 8.25. The fourth-order valence-electron chi connectivity index (χ4n) is 1.68. The highest BCUT2D eigenvalue weighted by Gasteiger charge is 2.29. The Morgan fingerprint density at radius 3 is 2.50 bits per heavy atom. The summed E-state index contributed by atoms with van der Waals surface area (Å²) in [4.78, 5) is 21.5. The van der Waals surface area contributed by atoms with Crippen LogP contribution >= 0.6 is 7.75 Å². The van der Waals surface area contributed by atoms with Gasteiger partial charge in [-0.25, -0.2) is 9.65 Å². The van der Waals surface area contributed by atoms with Gasteiger partial charge in [-0.3, -0.25) is 9.32 Å². The SMILES string of the molecule is CCOC(=O)[C@H](Cc1ccccc1)NP(=O)(O)OCC. The summed E-state index contributed by atoms with van der Waals surface area (Å²) < 4.78 is 21.4. The summed E-state index contributed by atoms with van der Waals surface area (Å²) in [5.41, 5.74) is 0.856. The molecular formula is C13H20NO5P. The summed E-state index contributed by atoms with van der Waals surface area (Å²) in [7, 11) is -4.01. The summed E-state index contributed by atoms with van der Waals surface area (Å²) in [6.45, 7) is 3.55. The lowest BCUT2D eigenvalue weighted by Crippen LogP contribution is -2.38. The molecular weight excluding hydrogens is 281 g/mol. The predicted molar refractivity (Wildman–Crippen MR) is 75.2 cm³/mol. The molecule has 0 aromatic heterocycles. The average molecular weight is 301 g/mol. The lowest BCUT2D eigenvalue weighted by molar-refractivity contribution is -0.145. The Labute approximate surface area is 118 Å². The first kappa shape index (κ1) is 16.9. The third-order valence-corrected chi connectivity index (χ3v) is 3.72. The molecule has 6 nitrogen and oxygen atoms in total. The molecule has 2 atom stereocenters. The van der Waals surface area contributed by atoms with Gasteiger partial charge in [0, 0.05) is 0 Å². The summed E-state index contributed by atoms with van der Waals surface area (Å²) in [5, 5.41) is 2.34. The maximum Gasteiger partial charge on any atom is 0.403 e. The highest BCUT2D eigenvalue weighted by atomic mass is 31.2. The molecule has 1 aromatic rings. The first-order valence-corrected chi connectivity index (χ1v) is 8.02. The second-order valence-corrected chi connectivity index (χ2v) is 5.62. The zero-order valence-corrected chi connectivity index (χ0v) is 12.5. The number of carbonyl (C=O) groups excluding carboxylic acids is 1. The van der Waals surface area contributed by atoms with Gasteiger partial charge in [0.25, 0.3) is 0 Å². The first-order valence-electron chi connectivity index (χ1n) is 6.44. The van der Waals surface area contributed by atoms with Crippen LogP contribution in [0.5, 0.6) is 0 Å². The summed E-state index contributed by atoms with van der Waals surface area (Å²) >= 11 is 0. The fraction of sp³-hybridized carbons (Fsp3) is 0.462. The maximum atomic E-state index is 11.9. The summed E-state index contributed by atoms with van der Waals surface area (Å²) in [5.74, 6) is -0.578. The number of rotatable bonds is 8. The van der Waals surface area contributed by atoms with Crippen LogP contribution in [0, 0.1) is 0 Å². The van der Waals surface area contributed by atoms with Gasteiger partial charge in [-0.05, 0) is 25.8 Å². The van der Waals surface area contributed by atoms with Crippen molar-refractivity contribution < 1.29 is 23.5 Å². The first-order chi connectivity index (χ1) is 9.48. The number of carbonyl (C=O) groups is 1. The van der Waals surface area contributed by atoms with Crippen molar-refractivity contribution in [2.45, 2.75) is 26.3 Å². The molecule has 1 aromatic carbocycles. The van der Waals surface area contributed by atoms with E-state index in [0.717, 1.165) is 5.56 Å². The molecule has 0 saturated heterocycles. The van der Waals surface area contributed by atoms with Crippen LogP contribution in [0.1, 0.15) is 19.4 Å². The highest BCUT2D eigenvalue weighted by Crippen LogP contribution is 2.37. The van der Waals surface area contributed by atoms with Crippen LogP contribution in [-0.2, 0) is 25.0 Å². The molecule has 0 amide bonds. The number of nitrogens with one attached hydrogen (secondary N) is 1. The Morgan fingerprint density at radius 2 is 1.95 bits per heavy atom. The molecule has 0 saturated carbocycles. The van der Waals surface area contributed by atoms with E-state index in [2.05, 4.69) is 5.09 Å². The molecule has 0 radical (unpaired) electrons. The summed E-state index contributed by atoms with van der Waals surface area (Å²) in [6.07, 6.45) is 0.247. The smallest absolute Gasteiger partial charge is 0.403 e. The molecule has 2 N–H and O–H groups in total. The fourth-order valence-corrected chi connectivity index (χ4v) is 2.70. The maximum absolute atomic E-state index is 11.9. The van der Waals surface area contributed by atoms with Crippen LogP contribution in [0.2, 0.25) is 0 Å². The number of benzene rings is 1. The van der Waals surface area contributed by atoms with Gasteiger partial charge in [0.15, 0.2) is 0 Å². The lowest BCUT2D eigenvalue weighted by atomic mass is 10.1. The van der Waals surface area contributed by atoms with E-state index in [1.807, 2.05) is 30.3 Å². The van der Waals surface area contributed by atoms with Crippen molar-refractivity contribution in [1.82, 2.24) is 5.09 Å². The standard InChI is InChI=1S/C13H20NO5P/c1-3-18-13(15)12(14-20(16,17)19-4-2)10-11-8-6-5-7-9-11/h5-9,12H,3-4,10H2,1-2H3,(H2,14,16,17)/t12-/m0/s1. The average Bonchev–Trinajstić information content (AvgIpc) is 2.39. The van der Waals surface area contributed by atoms with E-state index < -0.39 is 19.8 Å². The number of esters is 1. The molecule has 0 heterocycles. The van der Waals surface area contributed by atoms with Crippen molar-refractivity contribution in [2.75, 3.05) is 13.2 Å². The minimum Gasteiger partial charge on any atom is -0.465 e. The van der Waals surface area contributed by atoms with Crippen LogP contribution in [-0.4, -0.2) is 30.1 Å². The van der Waals surface area contributed by atoms with Crippen molar-refractivity contribution in [3.05, 3.63) is 35.9 Å². The Bertz CT molecular complexity index is 465. The van der Waals surface area contributed by atoms with Crippen molar-refractivity contribution in [2.24, 2.45) is 0 Å². The third kappa shape index (κ3) is 5.84. The molecule has 7 heteroatoms. The zero-order valence-electron chi connectivity index (χ0n) is 11.6. The van der Waals surface area contributed by atoms with Gasteiger partial charge >= 0.3 is 13.7 Å². The normalized spacial score (nSPS) is 15.3. The molecule has 1 rings (SSSR count). The monoisotopic (exact) mass is 301 g/mol. The topological polar surface area (TPSA) is 84.9 Å².